The number of aliphatic hydroxyl groups excluding tert-OH is 2. The summed E-state index contributed by atoms with van der Waals surface area (Å²) in [4.78, 5) is 5.88. The number of benzene rings is 1. The molecular weight excluding hydrogens is 311 g/mol. The van der Waals surface area contributed by atoms with Crippen molar-refractivity contribution in [2.24, 2.45) is 7.05 Å². The lowest BCUT2D eigenvalue weighted by molar-refractivity contribution is -0.139. The van der Waals surface area contributed by atoms with Crippen molar-refractivity contribution in [2.45, 2.75) is 25.2 Å². The van der Waals surface area contributed by atoms with Crippen molar-refractivity contribution in [1.82, 2.24) is 14.5 Å². The Morgan fingerprint density at radius 3 is 2.61 bits per heavy atom. The van der Waals surface area contributed by atoms with E-state index in [1.807, 2.05) is 28.8 Å². The minimum absolute atomic E-state index is 0.0458. The minimum Gasteiger partial charge on any atom is -0.394 e. The number of aliphatic hydroxyl groups is 2. The van der Waals surface area contributed by atoms with Gasteiger partial charge < -0.3 is 14.8 Å². The third kappa shape index (κ3) is 4.92. The molecule has 0 saturated heterocycles. The van der Waals surface area contributed by atoms with Crippen molar-refractivity contribution >= 4 is 11.0 Å². The van der Waals surface area contributed by atoms with Gasteiger partial charge in [0.15, 0.2) is 0 Å². The summed E-state index contributed by atoms with van der Waals surface area (Å²) in [6, 6.07) is 7.43. The standard InChI is InChI=1S/C15H20F3N3O2/c1-20-13-5-3-2-4-12(13)19-14(20)9-21(8-11(23)10-22)7-6-15(16,17)18/h2-5,11,22-23H,6-10H2,1H3/t11-/m0/s1. The lowest BCUT2D eigenvalue weighted by Gasteiger charge is -2.24. The normalized spacial score (nSPS) is 13.9. The zero-order chi connectivity index (χ0) is 17.0. The van der Waals surface area contributed by atoms with Gasteiger partial charge in [0, 0.05) is 20.1 Å². The molecule has 1 heterocycles. The predicted molar refractivity (Wildman–Crippen MR) is 79.8 cm³/mol. The van der Waals surface area contributed by atoms with E-state index in [9.17, 15) is 18.3 Å². The summed E-state index contributed by atoms with van der Waals surface area (Å²) < 4.78 is 39.2. The zero-order valence-corrected chi connectivity index (χ0v) is 12.8. The maximum absolute atomic E-state index is 12.5. The first kappa shape index (κ1) is 17.7. The molecule has 0 aliphatic carbocycles. The fraction of sp³-hybridized carbons (Fsp3) is 0.533. The fourth-order valence-electron chi connectivity index (χ4n) is 2.41. The van der Waals surface area contributed by atoms with Gasteiger partial charge in [-0.25, -0.2) is 4.98 Å². The molecule has 0 amide bonds. The summed E-state index contributed by atoms with van der Waals surface area (Å²) in [5, 5.41) is 18.5. The molecule has 1 aromatic heterocycles. The third-order valence-electron chi connectivity index (χ3n) is 3.64. The summed E-state index contributed by atoms with van der Waals surface area (Å²) in [6.45, 7) is -0.636. The number of rotatable bonds is 7. The zero-order valence-electron chi connectivity index (χ0n) is 12.8. The van der Waals surface area contributed by atoms with Crippen LogP contribution in [-0.2, 0) is 13.6 Å². The molecule has 0 spiro atoms. The molecule has 2 aromatic rings. The van der Waals surface area contributed by atoms with Crippen LogP contribution >= 0.6 is 0 Å². The number of fused-ring (bicyclic) bond motifs is 1. The molecule has 23 heavy (non-hydrogen) atoms. The van der Waals surface area contributed by atoms with Gasteiger partial charge >= 0.3 is 6.18 Å². The van der Waals surface area contributed by atoms with E-state index in [0.717, 1.165) is 11.0 Å². The lowest BCUT2D eigenvalue weighted by Crippen LogP contribution is -2.36. The Morgan fingerprint density at radius 2 is 2.00 bits per heavy atom. The van der Waals surface area contributed by atoms with Crippen LogP contribution < -0.4 is 0 Å². The quantitative estimate of drug-likeness (QED) is 0.810. The van der Waals surface area contributed by atoms with E-state index in [1.165, 1.54) is 4.90 Å². The van der Waals surface area contributed by atoms with Crippen LogP contribution in [0.15, 0.2) is 24.3 Å². The van der Waals surface area contributed by atoms with Gasteiger partial charge in [-0.2, -0.15) is 13.2 Å². The molecule has 0 fully saturated rings. The highest BCUT2D eigenvalue weighted by atomic mass is 19.4. The first-order valence-corrected chi connectivity index (χ1v) is 7.28. The number of para-hydroxylation sites is 2. The van der Waals surface area contributed by atoms with Crippen LogP contribution in [-0.4, -0.2) is 56.6 Å². The molecule has 128 valence electrons. The van der Waals surface area contributed by atoms with Crippen LogP contribution in [0.25, 0.3) is 11.0 Å². The number of hydrogen-bond acceptors (Lipinski definition) is 4. The largest absolute Gasteiger partial charge is 0.394 e. The van der Waals surface area contributed by atoms with Gasteiger partial charge in [0.2, 0.25) is 0 Å². The molecular formula is C15H20F3N3O2. The summed E-state index contributed by atoms with van der Waals surface area (Å²) in [6.07, 6.45) is -6.33. The van der Waals surface area contributed by atoms with Gasteiger partial charge in [-0.3, -0.25) is 4.90 Å². The van der Waals surface area contributed by atoms with E-state index in [4.69, 9.17) is 5.11 Å². The van der Waals surface area contributed by atoms with Crippen molar-refractivity contribution in [3.8, 4) is 0 Å². The molecule has 0 radical (unpaired) electrons. The fourth-order valence-corrected chi connectivity index (χ4v) is 2.41. The predicted octanol–water partition coefficient (Wildman–Crippen LogP) is 1.68. The molecule has 0 unspecified atom stereocenters. The average Bonchev–Trinajstić information content (AvgIpc) is 2.81. The van der Waals surface area contributed by atoms with Gasteiger partial charge in [-0.1, -0.05) is 12.1 Å². The van der Waals surface area contributed by atoms with Crippen LogP contribution in [0.5, 0.6) is 0 Å². The van der Waals surface area contributed by atoms with E-state index in [-0.39, 0.29) is 19.6 Å². The Hall–Kier alpha value is -1.64. The Morgan fingerprint density at radius 1 is 1.30 bits per heavy atom. The van der Waals surface area contributed by atoms with Crippen LogP contribution in [0.2, 0.25) is 0 Å². The summed E-state index contributed by atoms with van der Waals surface area (Å²) in [5.74, 6) is 0.610. The highest BCUT2D eigenvalue weighted by Crippen LogP contribution is 2.21. The molecule has 1 aromatic carbocycles. The second-order valence-electron chi connectivity index (χ2n) is 5.51. The smallest absolute Gasteiger partial charge is 0.390 e. The van der Waals surface area contributed by atoms with Crippen LogP contribution in [0.3, 0.4) is 0 Å². The Bertz CT molecular complexity index is 642. The van der Waals surface area contributed by atoms with E-state index in [0.29, 0.717) is 5.82 Å². The van der Waals surface area contributed by atoms with Crippen LogP contribution in [0.4, 0.5) is 13.2 Å². The first-order valence-electron chi connectivity index (χ1n) is 7.28. The van der Waals surface area contributed by atoms with Crippen molar-refractivity contribution in [2.75, 3.05) is 19.7 Å². The van der Waals surface area contributed by atoms with E-state index in [1.54, 1.807) is 7.05 Å². The maximum atomic E-state index is 12.5. The summed E-state index contributed by atoms with van der Waals surface area (Å²) in [7, 11) is 1.80. The van der Waals surface area contributed by atoms with E-state index in [2.05, 4.69) is 4.98 Å². The van der Waals surface area contributed by atoms with Crippen LogP contribution in [0.1, 0.15) is 12.2 Å². The number of halogens is 3. The molecule has 0 saturated carbocycles. The number of aryl methyl sites for hydroxylation is 1. The Labute approximate surface area is 132 Å². The molecule has 5 nitrogen and oxygen atoms in total. The van der Waals surface area contributed by atoms with E-state index >= 15 is 0 Å². The highest BCUT2D eigenvalue weighted by molar-refractivity contribution is 5.75. The van der Waals surface area contributed by atoms with Gasteiger partial charge in [0.05, 0.1) is 36.7 Å². The van der Waals surface area contributed by atoms with E-state index < -0.39 is 25.3 Å². The van der Waals surface area contributed by atoms with Gasteiger partial charge in [0.1, 0.15) is 5.82 Å². The summed E-state index contributed by atoms with van der Waals surface area (Å²) in [5.41, 5.74) is 1.66. The molecule has 2 rings (SSSR count). The average molecular weight is 331 g/mol. The maximum Gasteiger partial charge on any atom is 0.390 e. The van der Waals surface area contributed by atoms with Crippen molar-refractivity contribution in [3.05, 3.63) is 30.1 Å². The SMILES string of the molecule is Cn1c(CN(CCC(F)(F)F)C[C@H](O)CO)nc2ccccc21. The molecule has 1 atom stereocenters. The number of aromatic nitrogens is 2. The van der Waals surface area contributed by atoms with Crippen LogP contribution in [0, 0.1) is 0 Å². The molecule has 0 aliphatic rings. The Kier molecular flexibility index (Phi) is 5.61. The van der Waals surface area contributed by atoms with Crippen molar-refractivity contribution in [1.29, 1.82) is 0 Å². The third-order valence-corrected chi connectivity index (χ3v) is 3.64. The molecule has 2 N–H and O–H groups in total. The van der Waals surface area contributed by atoms with Gasteiger partial charge in [0.25, 0.3) is 0 Å². The molecule has 0 aliphatic heterocycles. The highest BCUT2D eigenvalue weighted by Gasteiger charge is 2.28. The molecule has 0 bridgehead atoms. The van der Waals surface area contributed by atoms with Crippen molar-refractivity contribution in [3.63, 3.8) is 0 Å². The van der Waals surface area contributed by atoms with Crippen molar-refractivity contribution < 1.29 is 23.4 Å². The van der Waals surface area contributed by atoms with Gasteiger partial charge in [-0.05, 0) is 12.1 Å². The number of alkyl halides is 3. The first-order chi connectivity index (χ1) is 10.8. The Balaban J connectivity index is 2.15. The number of hydrogen-bond donors (Lipinski definition) is 2. The number of nitrogens with zero attached hydrogens (tertiary/aromatic N) is 3. The lowest BCUT2D eigenvalue weighted by atomic mass is 10.3. The monoisotopic (exact) mass is 331 g/mol. The summed E-state index contributed by atoms with van der Waals surface area (Å²) >= 11 is 0. The second-order valence-corrected chi connectivity index (χ2v) is 5.51. The van der Waals surface area contributed by atoms with Gasteiger partial charge in [-0.15, -0.1) is 0 Å². The second kappa shape index (κ2) is 7.29. The number of imidazole rings is 1. The minimum atomic E-state index is -4.27. The topological polar surface area (TPSA) is 61.5 Å². The molecule has 8 heteroatoms.